The fourth-order valence-corrected chi connectivity index (χ4v) is 4.31. The molecule has 6 nitrogen and oxygen atoms in total. The maximum Gasteiger partial charge on any atom is 0.338 e. The maximum absolute atomic E-state index is 12.7. The lowest BCUT2D eigenvalue weighted by molar-refractivity contribution is -0.135. The highest BCUT2D eigenvalue weighted by Gasteiger charge is 2.27. The molecular weight excluding hydrogens is 390 g/mol. The van der Waals surface area contributed by atoms with Crippen LogP contribution in [-0.2, 0) is 25.8 Å². The summed E-state index contributed by atoms with van der Waals surface area (Å²) in [6.45, 7) is 1.30. The number of likely N-dealkylation sites (N-methyl/N-ethyl adjacent to an activating group) is 1. The Balaban J connectivity index is 1.69. The number of aryl methyl sites for hydroxylation is 2. The number of hydrogen-bond donors (Lipinski definition) is 0. The van der Waals surface area contributed by atoms with Gasteiger partial charge in [0.25, 0.3) is 5.91 Å². The first kappa shape index (κ1) is 21.0. The van der Waals surface area contributed by atoms with Crippen LogP contribution < -0.4 is 0 Å². The molecule has 1 aliphatic carbocycles. The van der Waals surface area contributed by atoms with Gasteiger partial charge in [0.1, 0.15) is 0 Å². The minimum Gasteiger partial charge on any atom is -0.452 e. The van der Waals surface area contributed by atoms with Crippen molar-refractivity contribution >= 4 is 21.7 Å². The van der Waals surface area contributed by atoms with Gasteiger partial charge in [0.2, 0.25) is 0 Å². The van der Waals surface area contributed by atoms with Crippen LogP contribution in [0.15, 0.2) is 47.4 Å². The number of carbonyl (C=O) groups excluding carboxylic acids is 2. The van der Waals surface area contributed by atoms with Gasteiger partial charge < -0.3 is 9.64 Å². The van der Waals surface area contributed by atoms with E-state index in [0.717, 1.165) is 31.1 Å². The first-order chi connectivity index (χ1) is 13.7. The summed E-state index contributed by atoms with van der Waals surface area (Å²) in [7, 11) is -1.73. The van der Waals surface area contributed by atoms with Crippen LogP contribution in [0.5, 0.6) is 0 Å². The monoisotopic (exact) mass is 415 g/mol. The molecule has 1 atom stereocenters. The number of fused-ring (bicyclic) bond motifs is 1. The van der Waals surface area contributed by atoms with Gasteiger partial charge in [0.05, 0.1) is 16.5 Å². The third-order valence-corrected chi connectivity index (χ3v) is 6.49. The average Bonchev–Trinajstić information content (AvgIpc) is 2.70. The summed E-state index contributed by atoms with van der Waals surface area (Å²) in [4.78, 5) is 26.8. The van der Waals surface area contributed by atoms with Gasteiger partial charge in [-0.1, -0.05) is 30.3 Å². The second kappa shape index (κ2) is 8.37. The Morgan fingerprint density at radius 1 is 1.17 bits per heavy atom. The van der Waals surface area contributed by atoms with Crippen molar-refractivity contribution in [3.05, 3.63) is 64.7 Å². The van der Waals surface area contributed by atoms with Crippen molar-refractivity contribution in [3.63, 3.8) is 0 Å². The largest absolute Gasteiger partial charge is 0.452 e. The molecule has 0 aromatic heterocycles. The normalized spacial score (nSPS) is 16.0. The fraction of sp³-hybridized carbons (Fsp3) is 0.364. The molecule has 0 spiro atoms. The van der Waals surface area contributed by atoms with E-state index in [-0.39, 0.29) is 22.4 Å². The Morgan fingerprint density at radius 2 is 1.90 bits per heavy atom. The number of rotatable bonds is 5. The highest BCUT2D eigenvalue weighted by atomic mass is 32.2. The Hall–Kier alpha value is -2.67. The summed E-state index contributed by atoms with van der Waals surface area (Å²) in [5.41, 5.74) is 3.11. The van der Waals surface area contributed by atoms with Crippen LogP contribution in [0.25, 0.3) is 0 Å². The summed E-state index contributed by atoms with van der Waals surface area (Å²) in [6.07, 6.45) is 3.94. The number of esters is 1. The molecule has 0 radical (unpaired) electrons. The summed E-state index contributed by atoms with van der Waals surface area (Å²) in [5.74, 6) is -1.00. The highest BCUT2D eigenvalue weighted by Crippen LogP contribution is 2.33. The molecule has 0 heterocycles. The number of sulfone groups is 1. The van der Waals surface area contributed by atoms with E-state index in [1.807, 2.05) is 18.2 Å². The Kier molecular flexibility index (Phi) is 6.07. The number of ether oxygens (including phenoxy) is 1. The van der Waals surface area contributed by atoms with E-state index in [9.17, 15) is 18.0 Å². The highest BCUT2D eigenvalue weighted by molar-refractivity contribution is 7.90. The second-order valence-corrected chi connectivity index (χ2v) is 9.45. The second-order valence-electron chi connectivity index (χ2n) is 7.44. The van der Waals surface area contributed by atoms with E-state index in [4.69, 9.17) is 4.74 Å². The smallest absolute Gasteiger partial charge is 0.338 e. The summed E-state index contributed by atoms with van der Waals surface area (Å²) < 4.78 is 28.7. The molecule has 2 aromatic carbocycles. The standard InChI is InChI=1S/C22H25NO5S/c1-15-11-12-17(29(3,26)27)13-19(15)22(25)28-14-21(24)23(2)20-10-6-8-16-7-4-5-9-18(16)20/h4-5,7,9,11-13,20H,6,8,10,14H2,1-3H3/t20-/m0/s1. The van der Waals surface area contributed by atoms with Gasteiger partial charge in [0, 0.05) is 13.3 Å². The first-order valence-corrected chi connectivity index (χ1v) is 11.4. The van der Waals surface area contributed by atoms with Crippen molar-refractivity contribution in [2.75, 3.05) is 19.9 Å². The SMILES string of the molecule is Cc1ccc(S(C)(=O)=O)cc1C(=O)OCC(=O)N(C)[C@H]1CCCc2ccccc21. The van der Waals surface area contributed by atoms with Crippen LogP contribution in [0.4, 0.5) is 0 Å². The van der Waals surface area contributed by atoms with Crippen LogP contribution in [0.1, 0.15) is 45.9 Å². The predicted octanol–water partition coefficient (Wildman–Crippen LogP) is 3.09. The topological polar surface area (TPSA) is 80.7 Å². The van der Waals surface area contributed by atoms with Gasteiger partial charge in [-0.3, -0.25) is 4.79 Å². The Bertz CT molecular complexity index is 1040. The van der Waals surface area contributed by atoms with Crippen LogP contribution >= 0.6 is 0 Å². The van der Waals surface area contributed by atoms with Crippen molar-refractivity contribution in [1.82, 2.24) is 4.90 Å². The van der Waals surface area contributed by atoms with Crippen molar-refractivity contribution < 1.29 is 22.7 Å². The number of amides is 1. The molecule has 29 heavy (non-hydrogen) atoms. The van der Waals surface area contributed by atoms with Crippen LogP contribution in [0.3, 0.4) is 0 Å². The van der Waals surface area contributed by atoms with Gasteiger partial charge in [-0.25, -0.2) is 13.2 Å². The molecule has 0 aliphatic heterocycles. The molecule has 2 aromatic rings. The molecular formula is C22H25NO5S. The predicted molar refractivity (Wildman–Crippen MR) is 109 cm³/mol. The molecule has 0 unspecified atom stereocenters. The van der Waals surface area contributed by atoms with Crippen molar-refractivity contribution in [1.29, 1.82) is 0 Å². The van der Waals surface area contributed by atoms with Crippen molar-refractivity contribution in [3.8, 4) is 0 Å². The Labute approximate surface area is 171 Å². The number of hydrogen-bond acceptors (Lipinski definition) is 5. The lowest BCUT2D eigenvalue weighted by Gasteiger charge is -2.33. The molecule has 3 rings (SSSR count). The van der Waals surface area contributed by atoms with Gasteiger partial charge in [0.15, 0.2) is 16.4 Å². The third kappa shape index (κ3) is 4.67. The molecule has 7 heteroatoms. The van der Waals surface area contributed by atoms with E-state index in [1.165, 1.54) is 17.7 Å². The quantitative estimate of drug-likeness (QED) is 0.701. The van der Waals surface area contributed by atoms with Crippen LogP contribution in [-0.4, -0.2) is 45.1 Å². The number of carbonyl (C=O) groups is 2. The first-order valence-electron chi connectivity index (χ1n) is 9.50. The zero-order valence-corrected chi connectivity index (χ0v) is 17.7. The van der Waals surface area contributed by atoms with Crippen molar-refractivity contribution in [2.24, 2.45) is 0 Å². The molecule has 0 saturated carbocycles. The van der Waals surface area contributed by atoms with E-state index >= 15 is 0 Å². The summed E-state index contributed by atoms with van der Waals surface area (Å²) >= 11 is 0. The van der Waals surface area contributed by atoms with Gasteiger partial charge in [-0.15, -0.1) is 0 Å². The molecule has 1 aliphatic rings. The zero-order valence-electron chi connectivity index (χ0n) is 16.8. The van der Waals surface area contributed by atoms with E-state index in [2.05, 4.69) is 6.07 Å². The minimum atomic E-state index is -3.45. The summed E-state index contributed by atoms with van der Waals surface area (Å²) in [6, 6.07) is 12.3. The van der Waals surface area contributed by atoms with Crippen molar-refractivity contribution in [2.45, 2.75) is 37.1 Å². The Morgan fingerprint density at radius 3 is 2.62 bits per heavy atom. The lowest BCUT2D eigenvalue weighted by Crippen LogP contribution is -2.36. The maximum atomic E-state index is 12.7. The number of nitrogens with zero attached hydrogens (tertiary/aromatic N) is 1. The molecule has 0 bridgehead atoms. The van der Waals surface area contributed by atoms with Crippen LogP contribution in [0, 0.1) is 6.92 Å². The molecule has 0 fully saturated rings. The molecule has 154 valence electrons. The van der Waals surface area contributed by atoms with Crippen LogP contribution in [0.2, 0.25) is 0 Å². The van der Waals surface area contributed by atoms with E-state index < -0.39 is 22.4 Å². The fourth-order valence-electron chi connectivity index (χ4n) is 3.66. The third-order valence-electron chi connectivity index (χ3n) is 5.38. The molecule has 0 saturated heterocycles. The van der Waals surface area contributed by atoms with Gasteiger partial charge in [-0.05, 0) is 55.0 Å². The zero-order chi connectivity index (χ0) is 21.2. The molecule has 0 N–H and O–H groups in total. The van der Waals surface area contributed by atoms with E-state index in [1.54, 1.807) is 24.9 Å². The van der Waals surface area contributed by atoms with E-state index in [0.29, 0.717) is 5.56 Å². The average molecular weight is 416 g/mol. The lowest BCUT2D eigenvalue weighted by atomic mass is 9.87. The number of benzene rings is 2. The molecule has 1 amide bonds. The minimum absolute atomic E-state index is 0.0392. The summed E-state index contributed by atoms with van der Waals surface area (Å²) in [5, 5.41) is 0. The van der Waals surface area contributed by atoms with Gasteiger partial charge in [-0.2, -0.15) is 0 Å². The van der Waals surface area contributed by atoms with Gasteiger partial charge >= 0.3 is 5.97 Å².